The van der Waals surface area contributed by atoms with E-state index < -0.39 is 11.5 Å². The van der Waals surface area contributed by atoms with E-state index in [1.54, 1.807) is 25.1 Å². The van der Waals surface area contributed by atoms with E-state index in [-0.39, 0.29) is 5.56 Å². The van der Waals surface area contributed by atoms with Crippen LogP contribution >= 0.6 is 11.3 Å². The summed E-state index contributed by atoms with van der Waals surface area (Å²) in [6.45, 7) is 1.77. The van der Waals surface area contributed by atoms with Gasteiger partial charge in [-0.3, -0.25) is 10.1 Å². The zero-order valence-corrected chi connectivity index (χ0v) is 12.6. The van der Waals surface area contributed by atoms with Crippen LogP contribution in [0, 0.1) is 6.92 Å². The van der Waals surface area contributed by atoms with Crippen LogP contribution in [0.1, 0.15) is 15.4 Å². The van der Waals surface area contributed by atoms with Gasteiger partial charge in [-0.25, -0.2) is 4.79 Å². The van der Waals surface area contributed by atoms with E-state index in [2.05, 4.69) is 15.5 Å². The number of hydrogen-bond donors (Lipinski definition) is 1. The maximum absolute atomic E-state index is 12.2. The summed E-state index contributed by atoms with van der Waals surface area (Å²) >= 11 is 1.22. The van der Waals surface area contributed by atoms with Crippen molar-refractivity contribution in [3.8, 4) is 5.75 Å². The molecule has 1 aromatic carbocycles. The zero-order valence-electron chi connectivity index (χ0n) is 11.7. The van der Waals surface area contributed by atoms with Crippen molar-refractivity contribution in [3.05, 3.63) is 45.3 Å². The summed E-state index contributed by atoms with van der Waals surface area (Å²) in [7, 11) is 1.53. The lowest BCUT2D eigenvalue weighted by atomic mass is 10.1. The molecule has 3 aromatic rings. The van der Waals surface area contributed by atoms with Crippen molar-refractivity contribution in [1.29, 1.82) is 0 Å². The number of anilines is 1. The van der Waals surface area contributed by atoms with Crippen molar-refractivity contribution in [2.24, 2.45) is 0 Å². The minimum absolute atomic E-state index is 0.103. The van der Waals surface area contributed by atoms with Gasteiger partial charge in [-0.2, -0.15) is 0 Å². The maximum Gasteiger partial charge on any atom is 0.349 e. The number of carbonyl (C=O) groups is 1. The summed E-state index contributed by atoms with van der Waals surface area (Å²) in [5.41, 5.74) is -0.431. The first-order valence-electron chi connectivity index (χ1n) is 6.30. The number of benzene rings is 1. The lowest BCUT2D eigenvalue weighted by molar-refractivity contribution is 0.102. The van der Waals surface area contributed by atoms with Gasteiger partial charge < -0.3 is 9.15 Å². The third-order valence-electron chi connectivity index (χ3n) is 2.93. The van der Waals surface area contributed by atoms with Gasteiger partial charge in [-0.1, -0.05) is 11.3 Å². The molecule has 112 valence electrons. The van der Waals surface area contributed by atoms with Gasteiger partial charge in [0.1, 0.15) is 21.9 Å². The van der Waals surface area contributed by atoms with Crippen molar-refractivity contribution in [2.75, 3.05) is 12.4 Å². The van der Waals surface area contributed by atoms with Crippen LogP contribution in [0.3, 0.4) is 0 Å². The Morgan fingerprint density at radius 1 is 1.32 bits per heavy atom. The highest BCUT2D eigenvalue weighted by Gasteiger charge is 2.16. The summed E-state index contributed by atoms with van der Waals surface area (Å²) < 4.78 is 10.3. The SMILES string of the molecule is COc1ccc2oc(=O)c(C(=O)Nc3nnc(C)s3)cc2c1. The van der Waals surface area contributed by atoms with Gasteiger partial charge in [-0.15, -0.1) is 10.2 Å². The molecule has 0 spiro atoms. The Balaban J connectivity index is 2.00. The number of aromatic nitrogens is 2. The first-order valence-corrected chi connectivity index (χ1v) is 7.12. The van der Waals surface area contributed by atoms with Crippen LogP contribution in [-0.4, -0.2) is 23.2 Å². The van der Waals surface area contributed by atoms with Crippen LogP contribution in [0.25, 0.3) is 11.0 Å². The van der Waals surface area contributed by atoms with Crippen LogP contribution in [0.4, 0.5) is 5.13 Å². The summed E-state index contributed by atoms with van der Waals surface area (Å²) in [6.07, 6.45) is 0. The van der Waals surface area contributed by atoms with Gasteiger partial charge >= 0.3 is 5.63 Å². The Kier molecular flexibility index (Phi) is 3.60. The Morgan fingerprint density at radius 3 is 2.82 bits per heavy atom. The molecular weight excluding hydrogens is 306 g/mol. The largest absolute Gasteiger partial charge is 0.497 e. The first-order chi connectivity index (χ1) is 10.6. The van der Waals surface area contributed by atoms with Gasteiger partial charge in [0.25, 0.3) is 5.91 Å². The molecule has 0 radical (unpaired) electrons. The highest BCUT2D eigenvalue weighted by atomic mass is 32.1. The van der Waals surface area contributed by atoms with E-state index in [4.69, 9.17) is 9.15 Å². The van der Waals surface area contributed by atoms with Gasteiger partial charge in [0, 0.05) is 5.39 Å². The summed E-state index contributed by atoms with van der Waals surface area (Å²) in [6, 6.07) is 6.44. The molecule has 0 saturated carbocycles. The van der Waals surface area contributed by atoms with Crippen molar-refractivity contribution in [1.82, 2.24) is 10.2 Å². The van der Waals surface area contributed by atoms with E-state index in [1.807, 2.05) is 0 Å². The lowest BCUT2D eigenvalue weighted by Crippen LogP contribution is -2.20. The summed E-state index contributed by atoms with van der Waals surface area (Å²) in [5.74, 6) is 0.0158. The topological polar surface area (TPSA) is 94.3 Å². The molecule has 8 heteroatoms. The van der Waals surface area contributed by atoms with Crippen LogP contribution in [-0.2, 0) is 0 Å². The highest BCUT2D eigenvalue weighted by molar-refractivity contribution is 7.15. The van der Waals surface area contributed by atoms with Crippen molar-refractivity contribution >= 4 is 33.3 Å². The minimum Gasteiger partial charge on any atom is -0.497 e. The highest BCUT2D eigenvalue weighted by Crippen LogP contribution is 2.21. The second kappa shape index (κ2) is 5.57. The molecule has 0 saturated heterocycles. The fourth-order valence-corrected chi connectivity index (χ4v) is 2.49. The van der Waals surface area contributed by atoms with Gasteiger partial charge in [0.05, 0.1) is 7.11 Å². The second-order valence-electron chi connectivity index (χ2n) is 4.43. The normalized spacial score (nSPS) is 10.6. The van der Waals surface area contributed by atoms with Gasteiger partial charge in [-0.05, 0) is 31.2 Å². The van der Waals surface area contributed by atoms with Crippen LogP contribution in [0.15, 0.2) is 33.5 Å². The number of carbonyl (C=O) groups excluding carboxylic acids is 1. The average Bonchev–Trinajstić information content (AvgIpc) is 2.91. The van der Waals surface area contributed by atoms with Crippen LogP contribution in [0.5, 0.6) is 5.75 Å². The number of fused-ring (bicyclic) bond motifs is 1. The number of methoxy groups -OCH3 is 1. The predicted octanol–water partition coefficient (Wildman–Crippen LogP) is 2.21. The van der Waals surface area contributed by atoms with Crippen LogP contribution < -0.4 is 15.7 Å². The number of ether oxygens (including phenoxy) is 1. The van der Waals surface area contributed by atoms with Crippen molar-refractivity contribution in [2.45, 2.75) is 6.92 Å². The van der Waals surface area contributed by atoms with Crippen molar-refractivity contribution in [3.63, 3.8) is 0 Å². The minimum atomic E-state index is -0.712. The second-order valence-corrected chi connectivity index (χ2v) is 5.61. The number of amides is 1. The summed E-state index contributed by atoms with van der Waals surface area (Å²) in [4.78, 5) is 24.1. The number of hydrogen-bond acceptors (Lipinski definition) is 7. The predicted molar refractivity (Wildman–Crippen MR) is 81.6 cm³/mol. The number of nitrogens with zero attached hydrogens (tertiary/aromatic N) is 2. The molecule has 1 N–H and O–H groups in total. The van der Waals surface area contributed by atoms with E-state index in [0.717, 1.165) is 0 Å². The number of nitrogens with one attached hydrogen (secondary N) is 1. The Hall–Kier alpha value is -2.74. The molecule has 0 aliphatic heterocycles. The molecule has 0 aliphatic rings. The molecule has 1 amide bonds. The monoisotopic (exact) mass is 317 g/mol. The standard InChI is InChI=1S/C14H11N3O4S/c1-7-16-17-14(22-7)15-12(18)10-6-8-5-9(20-2)3-4-11(8)21-13(10)19/h3-6H,1-2H3,(H,15,17,18). The fourth-order valence-electron chi connectivity index (χ4n) is 1.90. The van der Waals surface area contributed by atoms with Crippen molar-refractivity contribution < 1.29 is 13.9 Å². The first kappa shape index (κ1) is 14.2. The molecule has 22 heavy (non-hydrogen) atoms. The van der Waals surface area contributed by atoms with E-state index >= 15 is 0 Å². The average molecular weight is 317 g/mol. The molecule has 2 aromatic heterocycles. The number of rotatable bonds is 3. The zero-order chi connectivity index (χ0) is 15.7. The van der Waals surface area contributed by atoms with E-state index in [9.17, 15) is 9.59 Å². The van der Waals surface area contributed by atoms with E-state index in [1.165, 1.54) is 24.5 Å². The molecule has 0 bridgehead atoms. The molecule has 7 nitrogen and oxygen atoms in total. The Bertz CT molecular complexity index is 916. The third-order valence-corrected chi connectivity index (χ3v) is 3.68. The smallest absolute Gasteiger partial charge is 0.349 e. The fraction of sp³-hybridized carbons (Fsp3) is 0.143. The van der Waals surface area contributed by atoms with Gasteiger partial charge in [0.2, 0.25) is 5.13 Å². The Morgan fingerprint density at radius 2 is 2.14 bits per heavy atom. The molecule has 0 unspecified atom stereocenters. The van der Waals surface area contributed by atoms with Crippen LogP contribution in [0.2, 0.25) is 0 Å². The molecule has 0 fully saturated rings. The Labute approximate surface area is 128 Å². The molecule has 0 aliphatic carbocycles. The summed E-state index contributed by atoms with van der Waals surface area (Å²) in [5, 5.41) is 11.7. The number of aryl methyl sites for hydroxylation is 1. The van der Waals surface area contributed by atoms with E-state index in [0.29, 0.717) is 26.9 Å². The molecular formula is C14H11N3O4S. The third kappa shape index (κ3) is 2.68. The molecule has 2 heterocycles. The lowest BCUT2D eigenvalue weighted by Gasteiger charge is -2.04. The quantitative estimate of drug-likeness (QED) is 0.744. The van der Waals surface area contributed by atoms with Gasteiger partial charge in [0.15, 0.2) is 0 Å². The maximum atomic E-state index is 12.2. The molecule has 3 rings (SSSR count). The molecule has 0 atom stereocenters.